The van der Waals surface area contributed by atoms with E-state index >= 15 is 0 Å². The number of anilines is 1. The number of halogens is 2. The first kappa shape index (κ1) is 12.9. The van der Waals surface area contributed by atoms with E-state index in [-0.39, 0.29) is 5.82 Å². The summed E-state index contributed by atoms with van der Waals surface area (Å²) in [4.78, 5) is 0. The average Bonchev–Trinajstić information content (AvgIpc) is 2.56. The van der Waals surface area contributed by atoms with Gasteiger partial charge in [-0.15, -0.1) is 0 Å². The van der Waals surface area contributed by atoms with E-state index in [4.69, 9.17) is 11.6 Å². The lowest BCUT2D eigenvalue weighted by Crippen LogP contribution is -2.06. The number of nitrogens with one attached hydrogen (secondary N) is 1. The van der Waals surface area contributed by atoms with Crippen LogP contribution < -0.4 is 5.32 Å². The highest BCUT2D eigenvalue weighted by molar-refractivity contribution is 6.31. The van der Waals surface area contributed by atoms with Crippen molar-refractivity contribution in [2.45, 2.75) is 20.4 Å². The van der Waals surface area contributed by atoms with Gasteiger partial charge in [0.05, 0.1) is 23.0 Å². The Balaban J connectivity index is 2.14. The van der Waals surface area contributed by atoms with Crippen molar-refractivity contribution in [3.8, 4) is 0 Å². The fraction of sp³-hybridized carbons (Fsp3) is 0.308. The summed E-state index contributed by atoms with van der Waals surface area (Å²) in [7, 11) is 1.84. The third kappa shape index (κ3) is 2.48. The minimum Gasteiger partial charge on any atom is -0.379 e. The molecule has 2 rings (SSSR count). The molecule has 0 spiro atoms. The Morgan fingerprint density at radius 2 is 2.11 bits per heavy atom. The summed E-state index contributed by atoms with van der Waals surface area (Å²) in [6.45, 7) is 4.11. The maximum atomic E-state index is 13.4. The molecule has 0 aliphatic heterocycles. The third-order valence-electron chi connectivity index (χ3n) is 2.89. The molecule has 0 fully saturated rings. The zero-order valence-corrected chi connectivity index (χ0v) is 11.3. The molecule has 0 saturated carbocycles. The topological polar surface area (TPSA) is 29.9 Å². The van der Waals surface area contributed by atoms with Crippen LogP contribution in [-0.4, -0.2) is 9.78 Å². The molecule has 0 atom stereocenters. The van der Waals surface area contributed by atoms with E-state index < -0.39 is 0 Å². The summed E-state index contributed by atoms with van der Waals surface area (Å²) in [6, 6.07) is 5.07. The fourth-order valence-electron chi connectivity index (χ4n) is 1.76. The third-order valence-corrected chi connectivity index (χ3v) is 3.39. The van der Waals surface area contributed by atoms with Crippen molar-refractivity contribution in [3.05, 3.63) is 46.0 Å². The number of rotatable bonds is 3. The maximum absolute atomic E-state index is 13.4. The number of aryl methyl sites for hydroxylation is 3. The van der Waals surface area contributed by atoms with Crippen molar-refractivity contribution in [1.29, 1.82) is 0 Å². The lowest BCUT2D eigenvalue weighted by Gasteiger charge is -2.08. The summed E-state index contributed by atoms with van der Waals surface area (Å²) in [5, 5.41) is 8.01. The predicted octanol–water partition coefficient (Wildman–Crippen LogP) is 3.44. The first-order valence-corrected chi connectivity index (χ1v) is 6.05. The highest BCUT2D eigenvalue weighted by Crippen LogP contribution is 2.21. The van der Waals surface area contributed by atoms with Gasteiger partial charge in [-0.2, -0.15) is 5.10 Å². The molecule has 0 amide bonds. The largest absolute Gasteiger partial charge is 0.379 e. The molecule has 0 saturated heterocycles. The van der Waals surface area contributed by atoms with Crippen molar-refractivity contribution in [3.63, 3.8) is 0 Å². The number of nitrogens with zero attached hydrogens (tertiary/aromatic N) is 2. The lowest BCUT2D eigenvalue weighted by molar-refractivity contribution is 0.619. The molecule has 5 heteroatoms. The first-order chi connectivity index (χ1) is 8.49. The van der Waals surface area contributed by atoms with Crippen molar-refractivity contribution >= 4 is 17.3 Å². The minimum absolute atomic E-state index is 0.215. The molecule has 0 bridgehead atoms. The van der Waals surface area contributed by atoms with E-state index in [0.717, 1.165) is 17.1 Å². The number of hydrogen-bond acceptors (Lipinski definition) is 2. The van der Waals surface area contributed by atoms with Gasteiger partial charge in [0.1, 0.15) is 5.82 Å². The quantitative estimate of drug-likeness (QED) is 0.923. The predicted molar refractivity (Wildman–Crippen MR) is 71.4 cm³/mol. The molecule has 18 heavy (non-hydrogen) atoms. The second-order valence-electron chi connectivity index (χ2n) is 4.29. The minimum atomic E-state index is -0.215. The highest BCUT2D eigenvalue weighted by atomic mass is 35.5. The fourth-order valence-corrected chi connectivity index (χ4v) is 1.99. The van der Waals surface area contributed by atoms with Crippen molar-refractivity contribution < 1.29 is 4.39 Å². The van der Waals surface area contributed by atoms with Crippen LogP contribution in [0.3, 0.4) is 0 Å². The normalized spacial score (nSPS) is 10.7. The molecular weight excluding hydrogens is 253 g/mol. The molecule has 96 valence electrons. The van der Waals surface area contributed by atoms with Gasteiger partial charge >= 0.3 is 0 Å². The molecular formula is C13H15ClFN3. The SMILES string of the molecule is Cc1ccc(NCc2c(Cl)c(C)nn2C)cc1F. The van der Waals surface area contributed by atoms with E-state index in [1.165, 1.54) is 6.07 Å². The Morgan fingerprint density at radius 1 is 1.39 bits per heavy atom. The van der Waals surface area contributed by atoms with Crippen molar-refractivity contribution in [2.24, 2.45) is 7.05 Å². The number of benzene rings is 1. The van der Waals surface area contributed by atoms with E-state index in [0.29, 0.717) is 17.1 Å². The first-order valence-electron chi connectivity index (χ1n) is 5.67. The van der Waals surface area contributed by atoms with Crippen LogP contribution in [0, 0.1) is 19.7 Å². The lowest BCUT2D eigenvalue weighted by atomic mass is 10.2. The van der Waals surface area contributed by atoms with Crippen LogP contribution in [-0.2, 0) is 13.6 Å². The highest BCUT2D eigenvalue weighted by Gasteiger charge is 2.10. The van der Waals surface area contributed by atoms with Crippen LogP contribution in [0.25, 0.3) is 0 Å². The van der Waals surface area contributed by atoms with Gasteiger partial charge in [-0.3, -0.25) is 4.68 Å². The van der Waals surface area contributed by atoms with Crippen LogP contribution in [0.4, 0.5) is 10.1 Å². The Kier molecular flexibility index (Phi) is 3.57. The summed E-state index contributed by atoms with van der Waals surface area (Å²) >= 11 is 6.14. The van der Waals surface area contributed by atoms with Gasteiger partial charge in [0, 0.05) is 12.7 Å². The summed E-state index contributed by atoms with van der Waals surface area (Å²) in [5.41, 5.74) is 3.05. The Bertz CT molecular complexity index is 578. The van der Waals surface area contributed by atoms with E-state index in [2.05, 4.69) is 10.4 Å². The van der Waals surface area contributed by atoms with E-state index in [1.807, 2.05) is 20.0 Å². The smallest absolute Gasteiger partial charge is 0.128 e. The van der Waals surface area contributed by atoms with Crippen LogP contribution in [0.5, 0.6) is 0 Å². The molecule has 3 nitrogen and oxygen atoms in total. The van der Waals surface area contributed by atoms with E-state index in [1.54, 1.807) is 17.7 Å². The molecule has 0 aliphatic rings. The zero-order valence-electron chi connectivity index (χ0n) is 10.6. The second kappa shape index (κ2) is 4.98. The Morgan fingerprint density at radius 3 is 2.67 bits per heavy atom. The van der Waals surface area contributed by atoms with Crippen LogP contribution in [0.2, 0.25) is 5.02 Å². The van der Waals surface area contributed by atoms with Crippen LogP contribution in [0.1, 0.15) is 17.0 Å². The second-order valence-corrected chi connectivity index (χ2v) is 4.67. The molecule has 0 unspecified atom stereocenters. The van der Waals surface area contributed by atoms with E-state index in [9.17, 15) is 4.39 Å². The molecule has 1 N–H and O–H groups in total. The van der Waals surface area contributed by atoms with Crippen molar-refractivity contribution in [1.82, 2.24) is 9.78 Å². The van der Waals surface area contributed by atoms with Gasteiger partial charge in [-0.1, -0.05) is 17.7 Å². The number of hydrogen-bond donors (Lipinski definition) is 1. The Labute approximate surface area is 111 Å². The molecule has 1 heterocycles. The zero-order chi connectivity index (χ0) is 13.3. The Hall–Kier alpha value is -1.55. The summed E-state index contributed by atoms with van der Waals surface area (Å²) in [5.74, 6) is -0.215. The summed E-state index contributed by atoms with van der Waals surface area (Å²) < 4.78 is 15.1. The monoisotopic (exact) mass is 267 g/mol. The molecule has 1 aromatic heterocycles. The molecule has 0 radical (unpaired) electrons. The van der Waals surface area contributed by atoms with Gasteiger partial charge in [0.2, 0.25) is 0 Å². The van der Waals surface area contributed by atoms with Crippen LogP contribution in [0.15, 0.2) is 18.2 Å². The molecule has 1 aromatic carbocycles. The molecule has 0 aliphatic carbocycles. The number of aromatic nitrogens is 2. The van der Waals surface area contributed by atoms with Gasteiger partial charge in [0.25, 0.3) is 0 Å². The van der Waals surface area contributed by atoms with Crippen molar-refractivity contribution in [2.75, 3.05) is 5.32 Å². The van der Waals surface area contributed by atoms with Gasteiger partial charge < -0.3 is 5.32 Å². The van der Waals surface area contributed by atoms with Gasteiger partial charge in [-0.05, 0) is 31.5 Å². The van der Waals surface area contributed by atoms with Gasteiger partial charge in [0.15, 0.2) is 0 Å². The standard InChI is InChI=1S/C13H15ClFN3/c1-8-4-5-10(6-11(8)15)16-7-12-13(14)9(2)17-18(12)3/h4-6,16H,7H2,1-3H3. The van der Waals surface area contributed by atoms with Gasteiger partial charge in [-0.25, -0.2) is 4.39 Å². The average molecular weight is 268 g/mol. The molecule has 2 aromatic rings. The van der Waals surface area contributed by atoms with Crippen LogP contribution >= 0.6 is 11.6 Å². The maximum Gasteiger partial charge on any atom is 0.128 e. The summed E-state index contributed by atoms with van der Waals surface area (Å²) in [6.07, 6.45) is 0.